The molecule has 0 bridgehead atoms. The molecule has 1 aromatic carbocycles. The number of halogens is 1. The fraction of sp³-hybridized carbons (Fsp3) is 0.577. The summed E-state index contributed by atoms with van der Waals surface area (Å²) >= 11 is 6.30. The van der Waals surface area contributed by atoms with Crippen molar-refractivity contribution in [2.24, 2.45) is 0 Å². The van der Waals surface area contributed by atoms with E-state index in [0.29, 0.717) is 56.3 Å². The molecular formula is C26H36ClN5O8S2. The van der Waals surface area contributed by atoms with E-state index in [0.717, 1.165) is 0 Å². The van der Waals surface area contributed by atoms with Gasteiger partial charge in [-0.15, -0.1) is 0 Å². The molecule has 3 aliphatic heterocycles. The highest BCUT2D eigenvalue weighted by atomic mass is 35.5. The molecule has 16 heteroatoms. The minimum Gasteiger partial charge on any atom is -0.491 e. The normalized spacial score (nSPS) is 21.6. The molecule has 2 saturated heterocycles. The lowest BCUT2D eigenvalue weighted by Crippen LogP contribution is -2.47. The summed E-state index contributed by atoms with van der Waals surface area (Å²) in [6, 6.07) is 7.57. The number of ether oxygens (including phenoxy) is 3. The first-order valence-electron chi connectivity index (χ1n) is 13.7. The van der Waals surface area contributed by atoms with E-state index in [4.69, 9.17) is 25.8 Å². The standard InChI is InChI=1S/C26H36ClN5O8S2/c1-28-41(34,35)21-5-3-4-20(12-21)39-17-19(33)15-29-18-14-26(40-16-18)6-8-32(9-7-26)42(36,37)23-13-22-25(30-24(23)27)38-11-10-31(22)2/h3-5,12-13,18-19,28-29,33H,6-11,14-17H2,1-2H3/t18?,19-/m0/s1. The molecule has 0 aliphatic carbocycles. The number of benzene rings is 1. The highest BCUT2D eigenvalue weighted by Gasteiger charge is 2.45. The highest BCUT2D eigenvalue weighted by molar-refractivity contribution is 7.89. The Labute approximate surface area is 251 Å². The number of anilines is 1. The van der Waals surface area contributed by atoms with Gasteiger partial charge in [-0.1, -0.05) is 17.7 Å². The first kappa shape index (κ1) is 31.2. The molecule has 0 saturated carbocycles. The first-order valence-corrected chi connectivity index (χ1v) is 17.0. The largest absolute Gasteiger partial charge is 0.491 e. The van der Waals surface area contributed by atoms with Gasteiger partial charge in [0.05, 0.1) is 23.6 Å². The van der Waals surface area contributed by atoms with Crippen LogP contribution in [0.3, 0.4) is 0 Å². The van der Waals surface area contributed by atoms with Gasteiger partial charge in [0, 0.05) is 38.8 Å². The number of aromatic nitrogens is 1. The van der Waals surface area contributed by atoms with Crippen LogP contribution >= 0.6 is 11.6 Å². The zero-order valence-corrected chi connectivity index (χ0v) is 25.8. The fourth-order valence-corrected chi connectivity index (χ4v) is 8.06. The number of nitrogens with one attached hydrogen (secondary N) is 2. The molecule has 1 aromatic heterocycles. The summed E-state index contributed by atoms with van der Waals surface area (Å²) in [5, 5.41) is 13.6. The Morgan fingerprint density at radius 2 is 1.98 bits per heavy atom. The smallest absolute Gasteiger partial charge is 0.246 e. The summed E-state index contributed by atoms with van der Waals surface area (Å²) in [5.74, 6) is 0.664. The summed E-state index contributed by atoms with van der Waals surface area (Å²) < 4.78 is 72.0. The minimum absolute atomic E-state index is 0.0123. The third-order valence-electron chi connectivity index (χ3n) is 7.90. The minimum atomic E-state index is -3.87. The van der Waals surface area contributed by atoms with Crippen molar-refractivity contribution < 1.29 is 36.2 Å². The molecule has 0 amide bonds. The van der Waals surface area contributed by atoms with Gasteiger partial charge in [0.1, 0.15) is 35.7 Å². The summed E-state index contributed by atoms with van der Waals surface area (Å²) in [7, 11) is -4.28. The van der Waals surface area contributed by atoms with Crippen LogP contribution < -0.4 is 24.4 Å². The van der Waals surface area contributed by atoms with Gasteiger partial charge in [-0.2, -0.15) is 9.29 Å². The number of pyridine rings is 1. The zero-order valence-electron chi connectivity index (χ0n) is 23.5. The van der Waals surface area contributed by atoms with Crippen molar-refractivity contribution in [3.63, 3.8) is 0 Å². The molecule has 3 aliphatic rings. The first-order chi connectivity index (χ1) is 19.9. The second-order valence-electron chi connectivity index (χ2n) is 10.7. The molecule has 232 valence electrons. The van der Waals surface area contributed by atoms with Gasteiger partial charge in [-0.3, -0.25) is 0 Å². The lowest BCUT2D eigenvalue weighted by atomic mass is 9.88. The average molecular weight is 646 g/mol. The molecule has 4 heterocycles. The van der Waals surface area contributed by atoms with Crippen molar-refractivity contribution in [3.8, 4) is 11.6 Å². The second kappa shape index (κ2) is 12.4. The van der Waals surface area contributed by atoms with E-state index in [-0.39, 0.29) is 47.2 Å². The van der Waals surface area contributed by atoms with Crippen LogP contribution in [0.1, 0.15) is 19.3 Å². The van der Waals surface area contributed by atoms with E-state index in [2.05, 4.69) is 15.0 Å². The van der Waals surface area contributed by atoms with Gasteiger partial charge in [0.25, 0.3) is 0 Å². The van der Waals surface area contributed by atoms with Crippen LogP contribution in [0.25, 0.3) is 0 Å². The molecule has 3 N–H and O–H groups in total. The van der Waals surface area contributed by atoms with Crippen LogP contribution in [0.4, 0.5) is 5.69 Å². The van der Waals surface area contributed by atoms with Crippen LogP contribution in [-0.2, 0) is 24.8 Å². The monoisotopic (exact) mass is 645 g/mol. The lowest BCUT2D eigenvalue weighted by molar-refractivity contribution is -0.0312. The Hall–Kier alpha value is -2.24. The Kier molecular flexibility index (Phi) is 9.21. The predicted molar refractivity (Wildman–Crippen MR) is 155 cm³/mol. The number of nitrogens with zero attached hydrogens (tertiary/aromatic N) is 3. The Balaban J connectivity index is 1.11. The number of sulfonamides is 2. The van der Waals surface area contributed by atoms with E-state index in [9.17, 15) is 21.9 Å². The molecule has 2 atom stereocenters. The van der Waals surface area contributed by atoms with E-state index >= 15 is 0 Å². The van der Waals surface area contributed by atoms with Crippen molar-refractivity contribution in [1.82, 2.24) is 19.3 Å². The maximum absolute atomic E-state index is 13.5. The van der Waals surface area contributed by atoms with Crippen LogP contribution in [0.15, 0.2) is 40.1 Å². The van der Waals surface area contributed by atoms with E-state index in [1.54, 1.807) is 12.1 Å². The third-order valence-corrected chi connectivity index (χ3v) is 11.6. The SMILES string of the molecule is CNS(=O)(=O)c1cccc(OC[C@@H](O)CNC2COC3(CCN(S(=O)(=O)c4cc5c(nc4Cl)OCCN5C)CC3)C2)c1. The van der Waals surface area contributed by atoms with Gasteiger partial charge in [0.15, 0.2) is 5.15 Å². The molecule has 42 heavy (non-hydrogen) atoms. The van der Waals surface area contributed by atoms with Gasteiger partial charge in [-0.25, -0.2) is 21.6 Å². The lowest BCUT2D eigenvalue weighted by Gasteiger charge is -2.38. The Morgan fingerprint density at radius 3 is 2.71 bits per heavy atom. The molecular weight excluding hydrogens is 610 g/mol. The van der Waals surface area contributed by atoms with Crippen LogP contribution in [-0.4, -0.2) is 109 Å². The predicted octanol–water partition coefficient (Wildman–Crippen LogP) is 0.813. The Bertz CT molecular complexity index is 1500. The number of hydrogen-bond donors (Lipinski definition) is 3. The van der Waals surface area contributed by atoms with E-state index in [1.807, 2.05) is 11.9 Å². The Morgan fingerprint density at radius 1 is 1.21 bits per heavy atom. The summed E-state index contributed by atoms with van der Waals surface area (Å²) in [4.78, 5) is 6.13. The maximum atomic E-state index is 13.5. The van der Waals surface area contributed by atoms with Crippen molar-refractivity contribution in [3.05, 3.63) is 35.5 Å². The van der Waals surface area contributed by atoms with Crippen LogP contribution in [0.2, 0.25) is 5.15 Å². The van der Waals surface area contributed by atoms with Gasteiger partial charge >= 0.3 is 0 Å². The summed E-state index contributed by atoms with van der Waals surface area (Å²) in [6.07, 6.45) is 0.904. The molecule has 2 fully saturated rings. The number of rotatable bonds is 10. The zero-order chi connectivity index (χ0) is 30.1. The van der Waals surface area contributed by atoms with Crippen molar-refractivity contribution in [2.45, 2.75) is 46.8 Å². The van der Waals surface area contributed by atoms with E-state index < -0.39 is 31.8 Å². The second-order valence-corrected chi connectivity index (χ2v) is 14.9. The highest BCUT2D eigenvalue weighted by Crippen LogP contribution is 2.40. The topological polar surface area (TPSA) is 160 Å². The molecule has 2 aromatic rings. The van der Waals surface area contributed by atoms with Crippen molar-refractivity contribution in [1.29, 1.82) is 0 Å². The van der Waals surface area contributed by atoms with Crippen LogP contribution in [0.5, 0.6) is 11.6 Å². The van der Waals surface area contributed by atoms with Crippen LogP contribution in [0, 0.1) is 0 Å². The average Bonchev–Trinajstić information content (AvgIpc) is 3.37. The van der Waals surface area contributed by atoms with Gasteiger partial charge < -0.3 is 29.5 Å². The maximum Gasteiger partial charge on any atom is 0.246 e. The summed E-state index contributed by atoms with van der Waals surface area (Å²) in [5.41, 5.74) is 0.143. The summed E-state index contributed by atoms with van der Waals surface area (Å²) in [6.45, 7) is 2.31. The number of hydrogen-bond acceptors (Lipinski definition) is 11. The number of piperidine rings is 1. The number of likely N-dealkylation sites (N-methyl/N-ethyl adjacent to an activating group) is 1. The molecule has 5 rings (SSSR count). The van der Waals surface area contributed by atoms with Crippen molar-refractivity contribution >= 4 is 37.3 Å². The molecule has 1 unspecified atom stereocenters. The van der Waals surface area contributed by atoms with Crippen molar-refractivity contribution in [2.75, 3.05) is 65.0 Å². The van der Waals surface area contributed by atoms with Gasteiger partial charge in [0.2, 0.25) is 25.9 Å². The number of fused-ring (bicyclic) bond motifs is 1. The number of aliphatic hydroxyl groups is 1. The quantitative estimate of drug-likeness (QED) is 0.314. The fourth-order valence-electron chi connectivity index (χ4n) is 5.41. The molecule has 13 nitrogen and oxygen atoms in total. The third kappa shape index (κ3) is 6.63. The molecule has 1 spiro atoms. The number of aliphatic hydroxyl groups excluding tert-OH is 1. The molecule has 0 radical (unpaired) electrons. The van der Waals surface area contributed by atoms with Gasteiger partial charge in [-0.05, 0) is 44.5 Å². The van der Waals surface area contributed by atoms with E-state index in [1.165, 1.54) is 29.6 Å².